The van der Waals surface area contributed by atoms with Crippen molar-refractivity contribution in [3.05, 3.63) is 10.6 Å². The lowest BCUT2D eigenvalue weighted by molar-refractivity contribution is -0.119. The first-order valence-corrected chi connectivity index (χ1v) is 7.23. The monoisotopic (exact) mass is 266 g/mol. The number of hydrogen-bond acceptors (Lipinski definition) is 5. The van der Waals surface area contributed by atoms with Crippen LogP contribution in [0.3, 0.4) is 0 Å². The molecule has 5 nitrogen and oxygen atoms in total. The highest BCUT2D eigenvalue weighted by Gasteiger charge is 2.27. The smallest absolute Gasteiger partial charge is 0.230 e. The number of hydrogen-bond donors (Lipinski definition) is 2. The number of carbonyl (C=O) groups is 1. The average molecular weight is 266 g/mol. The van der Waals surface area contributed by atoms with Crippen molar-refractivity contribution in [3.8, 4) is 0 Å². The van der Waals surface area contributed by atoms with E-state index in [4.69, 9.17) is 0 Å². The van der Waals surface area contributed by atoms with Crippen molar-refractivity contribution in [2.24, 2.45) is 5.92 Å². The molecule has 0 radical (unpaired) electrons. The van der Waals surface area contributed by atoms with E-state index in [2.05, 4.69) is 27.6 Å². The lowest BCUT2D eigenvalue weighted by Crippen LogP contribution is -2.25. The van der Waals surface area contributed by atoms with Crippen LogP contribution in [0.1, 0.15) is 17.0 Å². The van der Waals surface area contributed by atoms with Crippen molar-refractivity contribution in [1.82, 2.24) is 15.2 Å². The van der Waals surface area contributed by atoms with E-state index in [1.54, 1.807) is 11.3 Å². The molecule has 0 aromatic carbocycles. The lowest BCUT2D eigenvalue weighted by atomic mass is 10.1. The largest absolute Gasteiger partial charge is 0.311 e. The van der Waals surface area contributed by atoms with E-state index in [0.717, 1.165) is 49.8 Å². The summed E-state index contributed by atoms with van der Waals surface area (Å²) in [5.74, 6) is 0.243. The Morgan fingerprint density at radius 3 is 3.22 bits per heavy atom. The molecule has 18 heavy (non-hydrogen) atoms. The van der Waals surface area contributed by atoms with Crippen LogP contribution in [0.2, 0.25) is 0 Å². The maximum Gasteiger partial charge on any atom is 0.230 e. The standard InChI is InChI=1S/C12H18N4OS/c1-16-5-3-8(7-16)11(17)15-12-14-9-2-4-13-6-10(9)18-12/h8,13H,2-7H2,1H3,(H,14,15,17). The highest BCUT2D eigenvalue weighted by molar-refractivity contribution is 7.15. The van der Waals surface area contributed by atoms with E-state index in [0.29, 0.717) is 0 Å². The van der Waals surface area contributed by atoms with Crippen molar-refractivity contribution in [1.29, 1.82) is 0 Å². The fourth-order valence-corrected chi connectivity index (χ4v) is 3.52. The highest BCUT2D eigenvalue weighted by atomic mass is 32.1. The van der Waals surface area contributed by atoms with Crippen molar-refractivity contribution in [2.45, 2.75) is 19.4 Å². The van der Waals surface area contributed by atoms with Crippen LogP contribution in [0, 0.1) is 5.92 Å². The van der Waals surface area contributed by atoms with Gasteiger partial charge in [0, 0.05) is 30.9 Å². The number of aromatic nitrogens is 1. The van der Waals surface area contributed by atoms with Gasteiger partial charge >= 0.3 is 0 Å². The van der Waals surface area contributed by atoms with Crippen molar-refractivity contribution < 1.29 is 4.79 Å². The second-order valence-electron chi connectivity index (χ2n) is 5.05. The van der Waals surface area contributed by atoms with Crippen molar-refractivity contribution >= 4 is 22.4 Å². The van der Waals surface area contributed by atoms with E-state index in [-0.39, 0.29) is 11.8 Å². The van der Waals surface area contributed by atoms with Crippen molar-refractivity contribution in [3.63, 3.8) is 0 Å². The van der Waals surface area contributed by atoms with Gasteiger partial charge in [-0.1, -0.05) is 0 Å². The molecule has 1 fully saturated rings. The van der Waals surface area contributed by atoms with E-state index >= 15 is 0 Å². The molecule has 2 N–H and O–H groups in total. The number of carbonyl (C=O) groups excluding carboxylic acids is 1. The zero-order valence-corrected chi connectivity index (χ0v) is 11.3. The first kappa shape index (κ1) is 12.1. The second kappa shape index (κ2) is 4.95. The van der Waals surface area contributed by atoms with Gasteiger partial charge in [0.05, 0.1) is 11.6 Å². The minimum atomic E-state index is 0.119. The van der Waals surface area contributed by atoms with Gasteiger partial charge in [-0.05, 0) is 20.0 Å². The van der Waals surface area contributed by atoms with Crippen LogP contribution >= 0.6 is 11.3 Å². The Morgan fingerprint density at radius 2 is 2.50 bits per heavy atom. The van der Waals surface area contributed by atoms with Crippen LogP contribution in [-0.4, -0.2) is 42.5 Å². The normalized spacial score (nSPS) is 23.9. The minimum Gasteiger partial charge on any atom is -0.311 e. The number of rotatable bonds is 2. The van der Waals surface area contributed by atoms with Gasteiger partial charge in [0.15, 0.2) is 5.13 Å². The van der Waals surface area contributed by atoms with Gasteiger partial charge in [-0.2, -0.15) is 0 Å². The predicted molar refractivity (Wildman–Crippen MR) is 71.8 cm³/mol. The summed E-state index contributed by atoms with van der Waals surface area (Å²) in [4.78, 5) is 20.1. The molecule has 1 atom stereocenters. The predicted octanol–water partition coefficient (Wildman–Crippen LogP) is 0.679. The molecule has 1 saturated heterocycles. The fourth-order valence-electron chi connectivity index (χ4n) is 2.54. The molecule has 2 aliphatic heterocycles. The highest BCUT2D eigenvalue weighted by Crippen LogP contribution is 2.26. The molecule has 0 aliphatic carbocycles. The molecule has 1 amide bonds. The third-order valence-electron chi connectivity index (χ3n) is 3.59. The van der Waals surface area contributed by atoms with Gasteiger partial charge in [-0.3, -0.25) is 4.79 Å². The van der Waals surface area contributed by atoms with Crippen molar-refractivity contribution in [2.75, 3.05) is 32.0 Å². The molecular weight excluding hydrogens is 248 g/mol. The fraction of sp³-hybridized carbons (Fsp3) is 0.667. The number of anilines is 1. The maximum atomic E-state index is 12.1. The summed E-state index contributed by atoms with van der Waals surface area (Å²) in [6, 6.07) is 0. The number of nitrogens with one attached hydrogen (secondary N) is 2. The van der Waals surface area contributed by atoms with Gasteiger partial charge in [0.25, 0.3) is 0 Å². The van der Waals surface area contributed by atoms with Gasteiger partial charge in [0.1, 0.15) is 0 Å². The number of nitrogens with zero attached hydrogens (tertiary/aromatic N) is 2. The average Bonchev–Trinajstić information content (AvgIpc) is 2.94. The lowest BCUT2D eigenvalue weighted by Gasteiger charge is -2.09. The summed E-state index contributed by atoms with van der Waals surface area (Å²) in [6.07, 6.45) is 1.92. The minimum absolute atomic E-state index is 0.119. The third-order valence-corrected chi connectivity index (χ3v) is 4.61. The number of likely N-dealkylation sites (tertiary alicyclic amines) is 1. The number of fused-ring (bicyclic) bond motifs is 1. The Labute approximate surface area is 111 Å². The van der Waals surface area contributed by atoms with Crippen LogP contribution in [0.15, 0.2) is 0 Å². The van der Waals surface area contributed by atoms with E-state index in [1.165, 1.54) is 4.88 Å². The summed E-state index contributed by atoms with van der Waals surface area (Å²) in [6.45, 7) is 3.74. The molecule has 2 aliphatic rings. The Hall–Kier alpha value is -0.980. The molecule has 3 heterocycles. The molecule has 1 unspecified atom stereocenters. The molecule has 6 heteroatoms. The summed E-state index contributed by atoms with van der Waals surface area (Å²) in [7, 11) is 2.06. The Bertz CT molecular complexity index is 435. The maximum absolute atomic E-state index is 12.1. The third kappa shape index (κ3) is 2.41. The van der Waals surface area contributed by atoms with Gasteiger partial charge in [0.2, 0.25) is 5.91 Å². The number of thiazole rings is 1. The second-order valence-corrected chi connectivity index (χ2v) is 6.14. The van der Waals surface area contributed by atoms with Crippen LogP contribution in [0.4, 0.5) is 5.13 Å². The Kier molecular flexibility index (Phi) is 3.32. The summed E-state index contributed by atoms with van der Waals surface area (Å²) >= 11 is 1.60. The molecule has 1 aromatic heterocycles. The topological polar surface area (TPSA) is 57.3 Å². The summed E-state index contributed by atoms with van der Waals surface area (Å²) in [5.41, 5.74) is 1.15. The molecule has 98 valence electrons. The van der Waals surface area contributed by atoms with E-state index < -0.39 is 0 Å². The summed E-state index contributed by atoms with van der Waals surface area (Å²) < 4.78 is 0. The van der Waals surface area contributed by atoms with Crippen LogP contribution in [0.25, 0.3) is 0 Å². The SMILES string of the molecule is CN1CCC(C(=O)Nc2nc3c(s2)CNCC3)C1. The van der Waals surface area contributed by atoms with E-state index in [1.807, 2.05) is 0 Å². The molecule has 1 aromatic rings. The zero-order valence-electron chi connectivity index (χ0n) is 10.5. The molecular formula is C12H18N4OS. The van der Waals surface area contributed by atoms with Crippen LogP contribution < -0.4 is 10.6 Å². The Balaban J connectivity index is 1.65. The van der Waals surface area contributed by atoms with Crippen LogP contribution in [0.5, 0.6) is 0 Å². The molecule has 0 bridgehead atoms. The number of amides is 1. The van der Waals surface area contributed by atoms with Gasteiger partial charge in [-0.15, -0.1) is 11.3 Å². The van der Waals surface area contributed by atoms with Gasteiger partial charge in [-0.25, -0.2) is 4.98 Å². The molecule has 3 rings (SSSR count). The zero-order chi connectivity index (χ0) is 12.5. The molecule has 0 spiro atoms. The van der Waals surface area contributed by atoms with Gasteiger partial charge < -0.3 is 15.5 Å². The van der Waals surface area contributed by atoms with Crippen LogP contribution in [-0.2, 0) is 17.8 Å². The Morgan fingerprint density at radius 1 is 1.61 bits per heavy atom. The molecule has 0 saturated carbocycles. The summed E-state index contributed by atoms with van der Waals surface area (Å²) in [5, 5.41) is 7.06. The van der Waals surface area contributed by atoms with E-state index in [9.17, 15) is 4.79 Å². The first-order chi connectivity index (χ1) is 8.72. The first-order valence-electron chi connectivity index (χ1n) is 6.41. The quantitative estimate of drug-likeness (QED) is 0.826.